The molecule has 2 aromatic heterocycles. The van der Waals surface area contributed by atoms with Crippen LogP contribution in [-0.2, 0) is 11.2 Å². The predicted octanol–water partition coefficient (Wildman–Crippen LogP) is 3.92. The van der Waals surface area contributed by atoms with Crippen molar-refractivity contribution < 1.29 is 19.4 Å². The highest BCUT2D eigenvalue weighted by molar-refractivity contribution is 7.17. The third kappa shape index (κ3) is 5.86. The molecule has 0 spiro atoms. The molecule has 0 saturated carbocycles. The van der Waals surface area contributed by atoms with Gasteiger partial charge in [0, 0.05) is 19.2 Å². The Kier molecular flexibility index (Phi) is 6.88. The van der Waals surface area contributed by atoms with E-state index in [9.17, 15) is 4.79 Å². The van der Waals surface area contributed by atoms with Crippen LogP contribution in [0, 0.1) is 12.3 Å². The molecular formula is C24H28N6O4S. The van der Waals surface area contributed by atoms with Gasteiger partial charge in [-0.15, -0.1) is 5.10 Å². The van der Waals surface area contributed by atoms with Crippen molar-refractivity contribution in [2.75, 3.05) is 29.9 Å². The summed E-state index contributed by atoms with van der Waals surface area (Å²) >= 11 is 1.44. The third-order valence-electron chi connectivity index (χ3n) is 5.39. The average Bonchev–Trinajstić information content (AvgIpc) is 3.17. The molecule has 5 rings (SSSR count). The summed E-state index contributed by atoms with van der Waals surface area (Å²) in [6, 6.07) is 9.73. The summed E-state index contributed by atoms with van der Waals surface area (Å²) in [5.74, 6) is 0.599. The number of aryl methyl sites for hydroxylation is 1. The minimum absolute atomic E-state index is 0.0265. The van der Waals surface area contributed by atoms with E-state index in [1.165, 1.54) is 11.3 Å². The largest absolute Gasteiger partial charge is 0.490 e. The van der Waals surface area contributed by atoms with Crippen molar-refractivity contribution in [3.8, 4) is 5.75 Å². The van der Waals surface area contributed by atoms with Gasteiger partial charge in [-0.05, 0) is 49.1 Å². The number of amides is 1. The van der Waals surface area contributed by atoms with E-state index >= 15 is 0 Å². The molecule has 184 valence electrons. The van der Waals surface area contributed by atoms with Crippen molar-refractivity contribution >= 4 is 45.5 Å². The lowest BCUT2D eigenvalue weighted by Gasteiger charge is -2.29. The normalized spacial score (nSPS) is 15.9. The second kappa shape index (κ2) is 9.87. The standard InChI is InChI=1S/C22H24N6O2S.C2H4O2/c1-13-4-7-18(27-26-13)24-14-5-6-17-16(10-14)28(8-9-30-17)21-25-15-11-22(2,3)12-23-20(29)19(15)31-21;1-2(3)4/h4-7,10H,8-9,11-12H2,1-3H3,(H,23,29)(H,24,27);1H3,(H,3,4). The Balaban J connectivity index is 0.000000672. The zero-order valence-electron chi connectivity index (χ0n) is 20.1. The Morgan fingerprint density at radius 2 is 2.03 bits per heavy atom. The van der Waals surface area contributed by atoms with E-state index in [0.29, 0.717) is 30.4 Å². The van der Waals surface area contributed by atoms with Gasteiger partial charge in [0.15, 0.2) is 10.9 Å². The van der Waals surface area contributed by atoms with Gasteiger partial charge >= 0.3 is 0 Å². The van der Waals surface area contributed by atoms with Gasteiger partial charge in [0.2, 0.25) is 0 Å². The third-order valence-corrected chi connectivity index (χ3v) is 6.51. The summed E-state index contributed by atoms with van der Waals surface area (Å²) in [5, 5.41) is 22.8. The Bertz CT molecular complexity index is 1240. The number of carboxylic acid groups (broad SMARTS) is 1. The molecule has 4 heterocycles. The van der Waals surface area contributed by atoms with E-state index < -0.39 is 5.97 Å². The molecule has 10 nitrogen and oxygen atoms in total. The number of ether oxygens (including phenoxy) is 1. The van der Waals surface area contributed by atoms with E-state index in [2.05, 4.69) is 39.6 Å². The molecule has 3 aromatic rings. The molecule has 11 heteroatoms. The van der Waals surface area contributed by atoms with Crippen molar-refractivity contribution in [1.29, 1.82) is 0 Å². The highest BCUT2D eigenvalue weighted by atomic mass is 32.1. The molecule has 0 radical (unpaired) electrons. The number of nitrogens with one attached hydrogen (secondary N) is 2. The molecule has 2 aliphatic rings. The number of hydrogen-bond acceptors (Lipinski definition) is 9. The van der Waals surface area contributed by atoms with E-state index in [1.807, 2.05) is 37.3 Å². The zero-order valence-corrected chi connectivity index (χ0v) is 20.9. The number of fused-ring (bicyclic) bond motifs is 2. The summed E-state index contributed by atoms with van der Waals surface area (Å²) in [6.07, 6.45) is 0.766. The van der Waals surface area contributed by atoms with Crippen LogP contribution in [-0.4, -0.2) is 51.9 Å². The Hall–Kier alpha value is -3.73. The first-order chi connectivity index (χ1) is 16.6. The molecule has 0 fully saturated rings. The lowest BCUT2D eigenvalue weighted by atomic mass is 9.88. The lowest BCUT2D eigenvalue weighted by molar-refractivity contribution is -0.134. The first-order valence-electron chi connectivity index (χ1n) is 11.2. The minimum atomic E-state index is -0.833. The highest BCUT2D eigenvalue weighted by Crippen LogP contribution is 2.42. The molecule has 1 aromatic carbocycles. The number of benzene rings is 1. The molecule has 0 atom stereocenters. The van der Waals surface area contributed by atoms with Gasteiger partial charge in [-0.25, -0.2) is 4.98 Å². The topological polar surface area (TPSA) is 130 Å². The first kappa shape index (κ1) is 24.4. The van der Waals surface area contributed by atoms with Crippen molar-refractivity contribution in [3.05, 3.63) is 46.6 Å². The van der Waals surface area contributed by atoms with E-state index in [1.54, 1.807) is 0 Å². The van der Waals surface area contributed by atoms with E-state index in [4.69, 9.17) is 19.6 Å². The SMILES string of the molecule is CC(=O)O.Cc1ccc(Nc2ccc3c(c2)N(c2nc4c(s2)C(=O)NCC(C)(C)C4)CCO3)nn1. The molecule has 0 bridgehead atoms. The second-order valence-electron chi connectivity index (χ2n) is 9.18. The zero-order chi connectivity index (χ0) is 25.2. The molecule has 2 aliphatic heterocycles. The second-order valence-corrected chi connectivity index (χ2v) is 10.2. The van der Waals surface area contributed by atoms with Crippen molar-refractivity contribution in [1.82, 2.24) is 20.5 Å². The number of carboxylic acids is 1. The Morgan fingerprint density at radius 3 is 2.74 bits per heavy atom. The van der Waals surface area contributed by atoms with Crippen LogP contribution < -0.4 is 20.3 Å². The van der Waals surface area contributed by atoms with Gasteiger partial charge in [0.25, 0.3) is 11.9 Å². The van der Waals surface area contributed by atoms with Crippen LogP contribution in [0.25, 0.3) is 0 Å². The number of rotatable bonds is 3. The van der Waals surface area contributed by atoms with Crippen LogP contribution in [0.1, 0.15) is 41.8 Å². The summed E-state index contributed by atoms with van der Waals surface area (Å²) in [7, 11) is 0. The number of aliphatic carboxylic acids is 1. The maximum absolute atomic E-state index is 12.6. The number of anilines is 4. The van der Waals surface area contributed by atoms with Gasteiger partial charge < -0.3 is 25.4 Å². The monoisotopic (exact) mass is 496 g/mol. The molecule has 35 heavy (non-hydrogen) atoms. The summed E-state index contributed by atoms with van der Waals surface area (Å²) in [6.45, 7) is 9.17. The maximum atomic E-state index is 12.6. The number of aromatic nitrogens is 3. The fourth-order valence-corrected chi connectivity index (χ4v) is 4.81. The molecule has 0 unspecified atom stereocenters. The summed E-state index contributed by atoms with van der Waals surface area (Å²) < 4.78 is 5.87. The van der Waals surface area contributed by atoms with Gasteiger partial charge in [-0.1, -0.05) is 25.2 Å². The quantitative estimate of drug-likeness (QED) is 0.494. The maximum Gasteiger partial charge on any atom is 0.300 e. The van der Waals surface area contributed by atoms with Gasteiger partial charge in [0.1, 0.15) is 17.2 Å². The van der Waals surface area contributed by atoms with Crippen molar-refractivity contribution in [2.24, 2.45) is 5.41 Å². The summed E-state index contributed by atoms with van der Waals surface area (Å²) in [4.78, 5) is 29.3. The minimum Gasteiger partial charge on any atom is -0.490 e. The van der Waals surface area contributed by atoms with Crippen molar-refractivity contribution in [3.63, 3.8) is 0 Å². The Morgan fingerprint density at radius 1 is 1.26 bits per heavy atom. The number of carbonyl (C=O) groups excluding carboxylic acids is 1. The fourth-order valence-electron chi connectivity index (χ4n) is 3.78. The smallest absolute Gasteiger partial charge is 0.300 e. The molecule has 0 aliphatic carbocycles. The molecule has 0 saturated heterocycles. The fraction of sp³-hybridized carbons (Fsp3) is 0.375. The van der Waals surface area contributed by atoms with Crippen LogP contribution in [0.2, 0.25) is 0 Å². The van der Waals surface area contributed by atoms with Crippen LogP contribution in [0.15, 0.2) is 30.3 Å². The predicted molar refractivity (Wildman–Crippen MR) is 134 cm³/mol. The molecule has 3 N–H and O–H groups in total. The Labute approximate surface area is 207 Å². The van der Waals surface area contributed by atoms with Gasteiger partial charge in [-0.2, -0.15) is 5.10 Å². The van der Waals surface area contributed by atoms with Crippen LogP contribution in [0.4, 0.5) is 22.3 Å². The van der Waals surface area contributed by atoms with Crippen LogP contribution in [0.3, 0.4) is 0 Å². The van der Waals surface area contributed by atoms with Crippen LogP contribution in [0.5, 0.6) is 5.75 Å². The van der Waals surface area contributed by atoms with Crippen molar-refractivity contribution in [2.45, 2.75) is 34.1 Å². The number of hydrogen-bond donors (Lipinski definition) is 3. The van der Waals surface area contributed by atoms with Gasteiger partial charge in [-0.3, -0.25) is 9.59 Å². The molecule has 1 amide bonds. The summed E-state index contributed by atoms with van der Waals surface area (Å²) in [5.41, 5.74) is 3.51. The van der Waals surface area contributed by atoms with Crippen LogP contribution >= 0.6 is 11.3 Å². The number of nitrogens with zero attached hydrogens (tertiary/aromatic N) is 4. The highest BCUT2D eigenvalue weighted by Gasteiger charge is 2.32. The lowest BCUT2D eigenvalue weighted by Crippen LogP contribution is -2.32. The number of carbonyl (C=O) groups is 2. The van der Waals surface area contributed by atoms with E-state index in [-0.39, 0.29) is 11.3 Å². The molecular weight excluding hydrogens is 468 g/mol. The van der Waals surface area contributed by atoms with E-state index in [0.717, 1.165) is 47.0 Å². The number of thiazole rings is 1. The first-order valence-corrected chi connectivity index (χ1v) is 12.0. The average molecular weight is 497 g/mol. The van der Waals surface area contributed by atoms with Gasteiger partial charge in [0.05, 0.1) is 23.6 Å².